The maximum Gasteiger partial charge on any atom is 0.193 e. The average Bonchev–Trinajstić information content (AvgIpc) is 2.54. The van der Waals surface area contributed by atoms with Crippen LogP contribution in [0.4, 0.5) is 0 Å². The van der Waals surface area contributed by atoms with E-state index < -0.39 is 16.6 Å². The number of aliphatic hydroxyl groups excluding tert-OH is 1. The van der Waals surface area contributed by atoms with E-state index >= 15 is 0 Å². The molecule has 0 aliphatic heterocycles. The molecule has 0 amide bonds. The van der Waals surface area contributed by atoms with Crippen molar-refractivity contribution < 1.29 is 14.0 Å². The minimum absolute atomic E-state index is 0.0146. The van der Waals surface area contributed by atoms with Crippen LogP contribution in [-0.2, 0) is 8.85 Å². The monoisotopic (exact) mass is 442 g/mol. The highest BCUT2D eigenvalue weighted by molar-refractivity contribution is 6.74. The summed E-state index contributed by atoms with van der Waals surface area (Å²) in [5.41, 5.74) is 0. The molecule has 3 nitrogen and oxygen atoms in total. The minimum Gasteiger partial charge on any atom is -0.403 e. The van der Waals surface area contributed by atoms with Gasteiger partial charge in [0.2, 0.25) is 0 Å². The molecule has 1 N–H and O–H groups in total. The first kappa shape index (κ1) is 28.9. The molecule has 0 radical (unpaired) electrons. The van der Waals surface area contributed by atoms with Crippen LogP contribution in [0.1, 0.15) is 87.0 Å². The first-order valence-electron chi connectivity index (χ1n) is 11.5. The van der Waals surface area contributed by atoms with Gasteiger partial charge < -0.3 is 14.0 Å². The van der Waals surface area contributed by atoms with Gasteiger partial charge in [0.1, 0.15) is 12.2 Å². The minimum atomic E-state index is -1.90. The van der Waals surface area contributed by atoms with E-state index in [1.165, 1.54) is 0 Å². The molecular formula is C24H50O3Si2. The molecule has 5 heteroatoms. The summed E-state index contributed by atoms with van der Waals surface area (Å²) >= 11 is 0. The van der Waals surface area contributed by atoms with Crippen LogP contribution in [-0.4, -0.2) is 40.6 Å². The van der Waals surface area contributed by atoms with Crippen molar-refractivity contribution in [2.24, 2.45) is 0 Å². The lowest BCUT2D eigenvalue weighted by Crippen LogP contribution is -2.44. The van der Waals surface area contributed by atoms with Crippen LogP contribution in [0.2, 0.25) is 36.3 Å². The molecule has 0 aromatic heterocycles. The van der Waals surface area contributed by atoms with Crippen molar-refractivity contribution in [2.75, 3.05) is 6.61 Å². The number of unbranched alkanes of at least 4 members (excludes halogenated alkanes) is 2. The summed E-state index contributed by atoms with van der Waals surface area (Å²) in [5, 5.41) is 9.51. The van der Waals surface area contributed by atoms with E-state index in [9.17, 15) is 5.11 Å². The molecule has 0 saturated carbocycles. The first-order chi connectivity index (χ1) is 13.1. The van der Waals surface area contributed by atoms with E-state index in [-0.39, 0.29) is 28.9 Å². The van der Waals surface area contributed by atoms with Gasteiger partial charge in [-0.25, -0.2) is 0 Å². The van der Waals surface area contributed by atoms with Gasteiger partial charge in [-0.2, -0.15) is 0 Å². The number of hydrogen-bond acceptors (Lipinski definition) is 3. The molecule has 0 fully saturated rings. The molecule has 0 unspecified atom stereocenters. The summed E-state index contributed by atoms with van der Waals surface area (Å²) in [6, 6.07) is 0. The van der Waals surface area contributed by atoms with E-state index in [0.29, 0.717) is 0 Å². The van der Waals surface area contributed by atoms with E-state index in [1.807, 2.05) is 0 Å². The maximum atomic E-state index is 9.18. The summed E-state index contributed by atoms with van der Waals surface area (Å²) in [6.07, 6.45) is 5.80. The van der Waals surface area contributed by atoms with Gasteiger partial charge >= 0.3 is 0 Å². The highest BCUT2D eigenvalue weighted by atomic mass is 28.4. The van der Waals surface area contributed by atoms with Crippen LogP contribution in [0.3, 0.4) is 0 Å². The summed E-state index contributed by atoms with van der Waals surface area (Å²) in [6.45, 7) is 25.3. The van der Waals surface area contributed by atoms with Gasteiger partial charge in [-0.05, 0) is 61.9 Å². The Morgan fingerprint density at radius 2 is 1.10 bits per heavy atom. The third-order valence-electron chi connectivity index (χ3n) is 6.59. The zero-order valence-electron chi connectivity index (χ0n) is 21.4. The van der Waals surface area contributed by atoms with Gasteiger partial charge in [-0.1, -0.05) is 73.1 Å². The fraction of sp³-hybridized carbons (Fsp3) is 0.917. The van der Waals surface area contributed by atoms with E-state index in [1.54, 1.807) is 0 Å². The van der Waals surface area contributed by atoms with Gasteiger partial charge in [-0.3, -0.25) is 0 Å². The van der Waals surface area contributed by atoms with Gasteiger partial charge in [0.15, 0.2) is 16.6 Å². The molecule has 0 aliphatic rings. The standard InChI is InChI=1S/C24H50O3Si2/c1-12-13-16-21(26-28(8,9)23(2,3)4)18-19-22(17-14-15-20-25)27-29(10,11)24(5,6)7/h21-22,25H,12-17,20H2,1-11H3/t21-,22+/m1/s1. The lowest BCUT2D eigenvalue weighted by molar-refractivity contribution is 0.206. The number of rotatable bonds is 11. The Hall–Kier alpha value is -0.126. The SMILES string of the molecule is CCCC[C@H](C#C[C@H](CCCCO)O[Si](C)(C)C(C)(C)C)O[Si](C)(C)C(C)(C)C. The van der Waals surface area contributed by atoms with Gasteiger partial charge in [-0.15, -0.1) is 0 Å². The summed E-state index contributed by atoms with van der Waals surface area (Å²) in [5.74, 6) is 6.95. The molecule has 0 spiro atoms. The predicted molar refractivity (Wildman–Crippen MR) is 132 cm³/mol. The maximum absolute atomic E-state index is 9.18. The lowest BCUT2D eigenvalue weighted by atomic mass is 10.1. The second-order valence-electron chi connectivity index (χ2n) is 11.4. The molecule has 0 saturated heterocycles. The third kappa shape index (κ3) is 10.6. The van der Waals surface area contributed by atoms with Crippen molar-refractivity contribution in [3.8, 4) is 11.8 Å². The summed E-state index contributed by atoms with van der Waals surface area (Å²) in [4.78, 5) is 0. The normalized spacial score (nSPS) is 15.6. The highest BCUT2D eigenvalue weighted by Crippen LogP contribution is 2.39. The lowest BCUT2D eigenvalue weighted by Gasteiger charge is -2.39. The van der Waals surface area contributed by atoms with Crippen molar-refractivity contribution in [1.82, 2.24) is 0 Å². The smallest absolute Gasteiger partial charge is 0.193 e. The zero-order chi connectivity index (χ0) is 22.9. The Labute approximate surface area is 184 Å². The zero-order valence-corrected chi connectivity index (χ0v) is 23.4. The molecule has 0 aromatic rings. The van der Waals surface area contributed by atoms with E-state index in [2.05, 4.69) is 86.5 Å². The van der Waals surface area contributed by atoms with Gasteiger partial charge in [0.25, 0.3) is 0 Å². The van der Waals surface area contributed by atoms with Crippen molar-refractivity contribution in [3.63, 3.8) is 0 Å². The molecular weight excluding hydrogens is 392 g/mol. The Morgan fingerprint density at radius 1 is 0.724 bits per heavy atom. The quantitative estimate of drug-likeness (QED) is 0.210. The van der Waals surface area contributed by atoms with Crippen molar-refractivity contribution >= 4 is 16.6 Å². The van der Waals surface area contributed by atoms with Crippen molar-refractivity contribution in [3.05, 3.63) is 0 Å². The van der Waals surface area contributed by atoms with Crippen molar-refractivity contribution in [1.29, 1.82) is 0 Å². The van der Waals surface area contributed by atoms with Crippen molar-refractivity contribution in [2.45, 2.75) is 135 Å². The molecule has 0 aliphatic carbocycles. The molecule has 0 aromatic carbocycles. The third-order valence-corrected chi connectivity index (χ3v) is 15.6. The van der Waals surface area contributed by atoms with Crippen LogP contribution in [0, 0.1) is 11.8 Å². The second kappa shape index (κ2) is 12.0. The molecule has 29 heavy (non-hydrogen) atoms. The summed E-state index contributed by atoms with van der Waals surface area (Å²) < 4.78 is 13.3. The fourth-order valence-corrected chi connectivity index (χ4v) is 4.89. The van der Waals surface area contributed by atoms with E-state index in [4.69, 9.17) is 8.85 Å². The van der Waals surface area contributed by atoms with E-state index in [0.717, 1.165) is 38.5 Å². The second-order valence-corrected chi connectivity index (χ2v) is 20.9. The Balaban J connectivity index is 5.55. The Bertz CT molecular complexity index is 519. The number of aliphatic hydroxyl groups is 1. The average molecular weight is 443 g/mol. The Kier molecular flexibility index (Phi) is 12.0. The summed E-state index contributed by atoms with van der Waals surface area (Å²) in [7, 11) is -3.77. The van der Waals surface area contributed by atoms with Gasteiger partial charge in [0, 0.05) is 6.61 Å². The van der Waals surface area contributed by atoms with Crippen LogP contribution in [0.5, 0.6) is 0 Å². The van der Waals surface area contributed by atoms with Crippen LogP contribution < -0.4 is 0 Å². The topological polar surface area (TPSA) is 38.7 Å². The predicted octanol–water partition coefficient (Wildman–Crippen LogP) is 7.12. The molecule has 2 atom stereocenters. The largest absolute Gasteiger partial charge is 0.403 e. The molecule has 0 bridgehead atoms. The highest BCUT2D eigenvalue weighted by Gasteiger charge is 2.40. The van der Waals surface area contributed by atoms with Crippen LogP contribution in [0.25, 0.3) is 0 Å². The Morgan fingerprint density at radius 3 is 1.41 bits per heavy atom. The molecule has 0 heterocycles. The van der Waals surface area contributed by atoms with Gasteiger partial charge in [0.05, 0.1) is 0 Å². The fourth-order valence-electron chi connectivity index (χ4n) is 2.40. The van der Waals surface area contributed by atoms with Crippen LogP contribution in [0.15, 0.2) is 0 Å². The first-order valence-corrected chi connectivity index (χ1v) is 17.4. The molecule has 0 rings (SSSR count). The number of hydrogen-bond donors (Lipinski definition) is 1. The molecule has 172 valence electrons. The van der Waals surface area contributed by atoms with Crippen LogP contribution >= 0.6 is 0 Å².